The monoisotopic (exact) mass is 430 g/mol. The van der Waals surface area contributed by atoms with Gasteiger partial charge < -0.3 is 5.32 Å². The molecule has 1 aromatic carbocycles. The topological polar surface area (TPSA) is 85.6 Å². The predicted octanol–water partition coefficient (Wildman–Crippen LogP) is 4.23. The van der Waals surface area contributed by atoms with Gasteiger partial charge in [-0.15, -0.1) is 5.10 Å². The highest BCUT2D eigenvalue weighted by atomic mass is 35.5. The van der Waals surface area contributed by atoms with Gasteiger partial charge >= 0.3 is 0 Å². The molecule has 1 N–H and O–H groups in total. The molecule has 3 aromatic rings. The van der Waals surface area contributed by atoms with Crippen molar-refractivity contribution >= 4 is 29.3 Å². The van der Waals surface area contributed by atoms with Gasteiger partial charge in [-0.2, -0.15) is 0 Å². The maximum atomic E-state index is 12.7. The van der Waals surface area contributed by atoms with Gasteiger partial charge in [0.1, 0.15) is 0 Å². The number of aromatic nitrogens is 5. The summed E-state index contributed by atoms with van der Waals surface area (Å²) in [5.41, 5.74) is 2.71. The van der Waals surface area contributed by atoms with Crippen molar-refractivity contribution in [3.05, 3.63) is 58.6 Å². The van der Waals surface area contributed by atoms with Crippen LogP contribution in [-0.4, -0.2) is 37.4 Å². The van der Waals surface area contributed by atoms with Crippen molar-refractivity contribution in [3.63, 3.8) is 0 Å². The van der Waals surface area contributed by atoms with Crippen molar-refractivity contribution in [3.8, 4) is 5.69 Å². The highest BCUT2D eigenvalue weighted by Gasteiger charge is 2.21. The van der Waals surface area contributed by atoms with E-state index in [0.717, 1.165) is 30.5 Å². The summed E-state index contributed by atoms with van der Waals surface area (Å²) in [6, 6.07) is 7.41. The lowest BCUT2D eigenvalue weighted by Crippen LogP contribution is -2.26. The summed E-state index contributed by atoms with van der Waals surface area (Å²) in [5.74, 6) is 0.218. The van der Waals surface area contributed by atoms with Gasteiger partial charge in [-0.25, -0.2) is 14.6 Å². The van der Waals surface area contributed by atoms with Gasteiger partial charge in [0.05, 0.1) is 11.4 Å². The summed E-state index contributed by atoms with van der Waals surface area (Å²) < 4.78 is 1.65. The zero-order valence-electron chi connectivity index (χ0n) is 16.4. The van der Waals surface area contributed by atoms with E-state index in [1.54, 1.807) is 23.1 Å². The number of carbonyl (C=O) groups excluding carboxylic acids is 1. The molecule has 0 aliphatic carbocycles. The average Bonchev–Trinajstić information content (AvgIpc) is 3.16. The minimum absolute atomic E-state index is 0.227. The minimum Gasteiger partial charge on any atom is -0.351 e. The third kappa shape index (κ3) is 5.55. The Balaban J connectivity index is 1.87. The third-order valence-electron chi connectivity index (χ3n) is 4.32. The van der Waals surface area contributed by atoms with Gasteiger partial charge in [0.2, 0.25) is 0 Å². The van der Waals surface area contributed by atoms with Gasteiger partial charge in [-0.1, -0.05) is 54.4 Å². The van der Waals surface area contributed by atoms with Crippen LogP contribution in [0.3, 0.4) is 0 Å². The first-order valence-corrected chi connectivity index (χ1v) is 10.9. The molecule has 0 aliphatic rings. The van der Waals surface area contributed by atoms with Crippen LogP contribution in [0.1, 0.15) is 47.9 Å². The maximum absolute atomic E-state index is 12.7. The quantitative estimate of drug-likeness (QED) is 0.310. The van der Waals surface area contributed by atoms with Crippen LogP contribution in [0.25, 0.3) is 5.69 Å². The van der Waals surface area contributed by atoms with Crippen molar-refractivity contribution in [2.75, 3.05) is 6.54 Å². The first-order valence-electron chi connectivity index (χ1n) is 9.49. The number of nitrogens with one attached hydrogen (secondary N) is 1. The molecule has 9 heteroatoms. The fourth-order valence-electron chi connectivity index (χ4n) is 2.68. The molecule has 0 atom stereocenters. The lowest BCUT2D eigenvalue weighted by Gasteiger charge is -2.09. The first-order chi connectivity index (χ1) is 14.1. The van der Waals surface area contributed by atoms with E-state index < -0.39 is 0 Å². The SMILES string of the molecule is CCCCCNC(=O)c1nnn(-c2ccc(C)c(Cl)c2)c1CSc1ncccn1. The van der Waals surface area contributed by atoms with Crippen LogP contribution in [0.4, 0.5) is 0 Å². The highest BCUT2D eigenvalue weighted by Crippen LogP contribution is 2.25. The van der Waals surface area contributed by atoms with Crippen molar-refractivity contribution in [1.29, 1.82) is 0 Å². The molecular weight excluding hydrogens is 408 g/mol. The number of benzene rings is 1. The normalized spacial score (nSPS) is 10.9. The Morgan fingerprint density at radius 3 is 2.76 bits per heavy atom. The Kier molecular flexibility index (Phi) is 7.60. The van der Waals surface area contributed by atoms with Crippen molar-refractivity contribution < 1.29 is 4.79 Å². The molecule has 152 valence electrons. The zero-order valence-corrected chi connectivity index (χ0v) is 18.0. The average molecular weight is 431 g/mol. The summed E-state index contributed by atoms with van der Waals surface area (Å²) in [4.78, 5) is 21.2. The smallest absolute Gasteiger partial charge is 0.273 e. The van der Waals surface area contributed by atoms with Crippen LogP contribution in [0.5, 0.6) is 0 Å². The summed E-state index contributed by atoms with van der Waals surface area (Å²) >= 11 is 7.71. The van der Waals surface area contributed by atoms with E-state index in [1.165, 1.54) is 11.8 Å². The van der Waals surface area contributed by atoms with Crippen LogP contribution in [-0.2, 0) is 5.75 Å². The van der Waals surface area contributed by atoms with Crippen molar-refractivity contribution in [2.45, 2.75) is 44.0 Å². The summed E-state index contributed by atoms with van der Waals surface area (Å²) in [7, 11) is 0. The Bertz CT molecular complexity index is 963. The predicted molar refractivity (Wildman–Crippen MR) is 115 cm³/mol. The largest absolute Gasteiger partial charge is 0.351 e. The molecule has 0 saturated carbocycles. The van der Waals surface area contributed by atoms with Crippen LogP contribution in [0, 0.1) is 6.92 Å². The summed E-state index contributed by atoms with van der Waals surface area (Å²) in [6.45, 7) is 4.68. The zero-order chi connectivity index (χ0) is 20.6. The molecule has 2 aromatic heterocycles. The van der Waals surface area contributed by atoms with Gasteiger partial charge in [-0.05, 0) is 37.1 Å². The lowest BCUT2D eigenvalue weighted by molar-refractivity contribution is 0.0947. The van der Waals surface area contributed by atoms with Crippen molar-refractivity contribution in [2.24, 2.45) is 0 Å². The van der Waals surface area contributed by atoms with Crippen LogP contribution in [0.2, 0.25) is 5.02 Å². The molecule has 0 fully saturated rings. The number of nitrogens with zero attached hydrogens (tertiary/aromatic N) is 5. The van der Waals surface area contributed by atoms with E-state index in [2.05, 4.69) is 32.5 Å². The van der Waals surface area contributed by atoms with E-state index in [4.69, 9.17) is 11.6 Å². The maximum Gasteiger partial charge on any atom is 0.273 e. The number of hydrogen-bond acceptors (Lipinski definition) is 6. The van der Waals surface area contributed by atoms with E-state index >= 15 is 0 Å². The van der Waals surface area contributed by atoms with Gasteiger partial charge in [0, 0.05) is 29.7 Å². The molecule has 0 aliphatic heterocycles. The molecule has 0 spiro atoms. The number of thioether (sulfide) groups is 1. The second-order valence-corrected chi connectivity index (χ2v) is 7.86. The lowest BCUT2D eigenvalue weighted by atomic mass is 10.2. The summed E-state index contributed by atoms with van der Waals surface area (Å²) in [6.07, 6.45) is 6.48. The van der Waals surface area contributed by atoms with Gasteiger partial charge in [-0.3, -0.25) is 4.79 Å². The molecule has 0 radical (unpaired) electrons. The van der Waals surface area contributed by atoms with E-state index in [0.29, 0.717) is 33.9 Å². The molecular formula is C20H23ClN6OS. The molecule has 2 heterocycles. The fraction of sp³-hybridized carbons (Fsp3) is 0.350. The molecule has 3 rings (SSSR count). The number of carbonyl (C=O) groups is 1. The Morgan fingerprint density at radius 2 is 2.03 bits per heavy atom. The third-order valence-corrected chi connectivity index (χ3v) is 5.62. The molecule has 0 saturated heterocycles. The molecule has 29 heavy (non-hydrogen) atoms. The Hall–Kier alpha value is -2.45. The van der Waals surface area contributed by atoms with Crippen LogP contribution >= 0.6 is 23.4 Å². The number of amides is 1. The standard InChI is InChI=1S/C20H23ClN6OS/c1-3-4-5-9-22-19(28)18-17(13-29-20-23-10-6-11-24-20)27(26-25-18)15-8-7-14(2)16(21)12-15/h6-8,10-12H,3-5,9,13H2,1-2H3,(H,22,28). The molecule has 7 nitrogen and oxygen atoms in total. The van der Waals surface area contributed by atoms with Gasteiger partial charge in [0.15, 0.2) is 10.9 Å². The minimum atomic E-state index is -0.227. The number of rotatable bonds is 9. The van der Waals surface area contributed by atoms with E-state index in [1.807, 2.05) is 25.1 Å². The second-order valence-electron chi connectivity index (χ2n) is 6.51. The highest BCUT2D eigenvalue weighted by molar-refractivity contribution is 7.98. The van der Waals surface area contributed by atoms with Crippen LogP contribution in [0.15, 0.2) is 41.8 Å². The number of unbranched alkanes of at least 4 members (excludes halogenated alkanes) is 2. The Labute approximate surface area is 179 Å². The van der Waals surface area contributed by atoms with Gasteiger partial charge in [0.25, 0.3) is 5.91 Å². The number of halogens is 1. The van der Waals surface area contributed by atoms with E-state index in [9.17, 15) is 4.79 Å². The number of hydrogen-bond donors (Lipinski definition) is 1. The first kappa shape index (κ1) is 21.3. The van der Waals surface area contributed by atoms with E-state index in [-0.39, 0.29) is 5.91 Å². The Morgan fingerprint density at radius 1 is 1.24 bits per heavy atom. The van der Waals surface area contributed by atoms with Crippen LogP contribution < -0.4 is 5.32 Å². The fourth-order valence-corrected chi connectivity index (χ4v) is 3.65. The second kappa shape index (κ2) is 10.4. The van der Waals surface area contributed by atoms with Crippen molar-refractivity contribution in [1.82, 2.24) is 30.3 Å². The molecule has 0 unspecified atom stereocenters. The number of aryl methyl sites for hydroxylation is 1. The molecule has 0 bridgehead atoms. The summed E-state index contributed by atoms with van der Waals surface area (Å²) in [5, 5.41) is 12.6. The molecule has 1 amide bonds.